The fourth-order valence-electron chi connectivity index (χ4n) is 3.81. The monoisotopic (exact) mass is 390 g/mol. The van der Waals surface area contributed by atoms with E-state index in [1.807, 2.05) is 11.7 Å². The van der Waals surface area contributed by atoms with Crippen molar-refractivity contribution in [3.63, 3.8) is 0 Å². The van der Waals surface area contributed by atoms with Gasteiger partial charge in [0.2, 0.25) is 0 Å². The van der Waals surface area contributed by atoms with Gasteiger partial charge in [-0.25, -0.2) is 4.68 Å². The fraction of sp³-hybridized carbons (Fsp3) is 0.524. The van der Waals surface area contributed by atoms with Gasteiger partial charge in [-0.3, -0.25) is 4.79 Å². The lowest BCUT2D eigenvalue weighted by Crippen LogP contribution is -2.40. The standard InChI is InChI=1S/C21H30N4O.ClH/c1-14-9-10-17(15(2)11-14)25-18-8-6-7-16(18)19(23-25)20(26)24(5)13-21(3,4)12-22;/h9-11H,6-8,12-13,22H2,1-5H3;1H. The average Bonchev–Trinajstić information content (AvgIpc) is 3.17. The highest BCUT2D eigenvalue weighted by Crippen LogP contribution is 2.30. The van der Waals surface area contributed by atoms with E-state index in [1.165, 1.54) is 16.8 Å². The van der Waals surface area contributed by atoms with Crippen molar-refractivity contribution in [2.45, 2.75) is 47.0 Å². The molecule has 0 atom stereocenters. The molecule has 1 aliphatic carbocycles. The molecule has 148 valence electrons. The third kappa shape index (κ3) is 4.19. The Kier molecular flexibility index (Phi) is 6.38. The maximum Gasteiger partial charge on any atom is 0.274 e. The summed E-state index contributed by atoms with van der Waals surface area (Å²) in [7, 11) is 1.84. The lowest BCUT2D eigenvalue weighted by Gasteiger charge is -2.28. The van der Waals surface area contributed by atoms with Crippen molar-refractivity contribution in [3.8, 4) is 5.69 Å². The molecule has 1 aromatic heterocycles. The predicted octanol–water partition coefficient (Wildman–Crippen LogP) is 3.46. The van der Waals surface area contributed by atoms with Crippen LogP contribution < -0.4 is 5.73 Å². The van der Waals surface area contributed by atoms with Gasteiger partial charge < -0.3 is 10.6 Å². The number of carbonyl (C=O) groups excluding carboxylic acids is 1. The number of carbonyl (C=O) groups is 1. The van der Waals surface area contributed by atoms with E-state index in [-0.39, 0.29) is 23.7 Å². The molecule has 0 saturated carbocycles. The summed E-state index contributed by atoms with van der Waals surface area (Å²) in [5.74, 6) is -0.00631. The van der Waals surface area contributed by atoms with Crippen LogP contribution in [0, 0.1) is 19.3 Å². The van der Waals surface area contributed by atoms with Gasteiger partial charge in [0.25, 0.3) is 5.91 Å². The summed E-state index contributed by atoms with van der Waals surface area (Å²) < 4.78 is 1.99. The Morgan fingerprint density at radius 3 is 2.63 bits per heavy atom. The van der Waals surface area contributed by atoms with Crippen molar-refractivity contribution >= 4 is 18.3 Å². The van der Waals surface area contributed by atoms with Gasteiger partial charge in [0.05, 0.1) is 5.69 Å². The first-order chi connectivity index (χ1) is 12.2. The third-order valence-corrected chi connectivity index (χ3v) is 5.28. The average molecular weight is 391 g/mol. The summed E-state index contributed by atoms with van der Waals surface area (Å²) in [5.41, 5.74) is 12.1. The number of nitrogens with two attached hydrogens (primary N) is 1. The van der Waals surface area contributed by atoms with Crippen LogP contribution in [0.5, 0.6) is 0 Å². The van der Waals surface area contributed by atoms with Crippen LogP contribution in [0.1, 0.15) is 53.1 Å². The van der Waals surface area contributed by atoms with Crippen LogP contribution in [-0.4, -0.2) is 40.7 Å². The summed E-state index contributed by atoms with van der Waals surface area (Å²) in [6.07, 6.45) is 2.98. The number of aryl methyl sites for hydroxylation is 2. The Hall–Kier alpha value is -1.85. The van der Waals surface area contributed by atoms with Crippen molar-refractivity contribution in [2.24, 2.45) is 11.1 Å². The van der Waals surface area contributed by atoms with Crippen LogP contribution in [0.25, 0.3) is 5.69 Å². The van der Waals surface area contributed by atoms with Gasteiger partial charge in [-0.15, -0.1) is 12.4 Å². The van der Waals surface area contributed by atoms with Crippen LogP contribution >= 0.6 is 12.4 Å². The lowest BCUT2D eigenvalue weighted by molar-refractivity contribution is 0.0733. The number of halogens is 1. The fourth-order valence-corrected chi connectivity index (χ4v) is 3.81. The highest BCUT2D eigenvalue weighted by Gasteiger charge is 2.30. The van der Waals surface area contributed by atoms with E-state index in [1.54, 1.807) is 4.90 Å². The topological polar surface area (TPSA) is 64.2 Å². The molecule has 1 heterocycles. The molecule has 0 aliphatic heterocycles. The van der Waals surface area contributed by atoms with Gasteiger partial charge >= 0.3 is 0 Å². The van der Waals surface area contributed by atoms with Gasteiger partial charge in [0.15, 0.2) is 5.69 Å². The first-order valence-electron chi connectivity index (χ1n) is 9.37. The zero-order valence-electron chi connectivity index (χ0n) is 17.0. The molecule has 6 heteroatoms. The molecule has 0 saturated heterocycles. The van der Waals surface area contributed by atoms with Crippen LogP contribution in [0.15, 0.2) is 18.2 Å². The van der Waals surface area contributed by atoms with Crippen LogP contribution in [-0.2, 0) is 12.8 Å². The van der Waals surface area contributed by atoms with E-state index >= 15 is 0 Å². The second-order valence-corrected chi connectivity index (χ2v) is 8.36. The molecule has 0 fully saturated rings. The smallest absolute Gasteiger partial charge is 0.274 e. The Balaban J connectivity index is 0.00000261. The summed E-state index contributed by atoms with van der Waals surface area (Å²) in [4.78, 5) is 14.9. The van der Waals surface area contributed by atoms with Crippen molar-refractivity contribution in [1.82, 2.24) is 14.7 Å². The van der Waals surface area contributed by atoms with E-state index in [9.17, 15) is 4.79 Å². The molecule has 1 aromatic carbocycles. The van der Waals surface area contributed by atoms with E-state index in [2.05, 4.69) is 45.9 Å². The molecule has 2 N–H and O–H groups in total. The number of fused-ring (bicyclic) bond motifs is 1. The molecule has 2 aromatic rings. The second kappa shape index (κ2) is 8.03. The van der Waals surface area contributed by atoms with Crippen LogP contribution in [0.3, 0.4) is 0 Å². The van der Waals surface area contributed by atoms with Crippen molar-refractivity contribution in [3.05, 3.63) is 46.3 Å². The van der Waals surface area contributed by atoms with Gasteiger partial charge in [0, 0.05) is 24.8 Å². The largest absolute Gasteiger partial charge is 0.340 e. The minimum absolute atomic E-state index is 0. The van der Waals surface area contributed by atoms with Gasteiger partial charge in [-0.1, -0.05) is 31.5 Å². The summed E-state index contributed by atoms with van der Waals surface area (Å²) >= 11 is 0. The summed E-state index contributed by atoms with van der Waals surface area (Å²) in [5, 5.41) is 4.76. The van der Waals surface area contributed by atoms with Crippen LogP contribution in [0.2, 0.25) is 0 Å². The molecule has 0 radical (unpaired) electrons. The van der Waals surface area contributed by atoms with E-state index in [0.717, 1.165) is 30.5 Å². The van der Waals surface area contributed by atoms with Crippen molar-refractivity contribution in [1.29, 1.82) is 0 Å². The molecule has 0 unspecified atom stereocenters. The minimum atomic E-state index is -0.107. The highest BCUT2D eigenvalue weighted by atomic mass is 35.5. The molecule has 5 nitrogen and oxygen atoms in total. The Morgan fingerprint density at radius 2 is 2.00 bits per heavy atom. The summed E-state index contributed by atoms with van der Waals surface area (Å²) in [6, 6.07) is 6.37. The van der Waals surface area contributed by atoms with Gasteiger partial charge in [-0.2, -0.15) is 5.10 Å². The number of amides is 1. The number of nitrogens with zero attached hydrogens (tertiary/aromatic N) is 3. The van der Waals surface area contributed by atoms with E-state index in [4.69, 9.17) is 10.8 Å². The molecule has 3 rings (SSSR count). The van der Waals surface area contributed by atoms with E-state index in [0.29, 0.717) is 18.8 Å². The maximum absolute atomic E-state index is 13.1. The SMILES string of the molecule is Cc1ccc(-n2nc(C(=O)N(C)CC(C)(C)CN)c3c2CCC3)c(C)c1.Cl. The molecule has 1 aliphatic rings. The number of rotatable bonds is 5. The minimum Gasteiger partial charge on any atom is -0.340 e. The molecule has 27 heavy (non-hydrogen) atoms. The zero-order chi connectivity index (χ0) is 19.1. The molecule has 0 bridgehead atoms. The number of hydrogen-bond acceptors (Lipinski definition) is 3. The Bertz CT molecular complexity index is 841. The van der Waals surface area contributed by atoms with Gasteiger partial charge in [-0.05, 0) is 56.7 Å². The highest BCUT2D eigenvalue weighted by molar-refractivity contribution is 5.94. The number of aromatic nitrogens is 2. The first kappa shape index (κ1) is 21.5. The number of benzene rings is 1. The zero-order valence-corrected chi connectivity index (χ0v) is 17.8. The predicted molar refractivity (Wildman–Crippen MR) is 112 cm³/mol. The Morgan fingerprint density at radius 1 is 1.30 bits per heavy atom. The maximum atomic E-state index is 13.1. The second-order valence-electron chi connectivity index (χ2n) is 8.36. The van der Waals surface area contributed by atoms with E-state index < -0.39 is 0 Å². The molecular formula is C21H31ClN4O. The normalized spacial score (nSPS) is 13.3. The van der Waals surface area contributed by atoms with Crippen LogP contribution in [0.4, 0.5) is 0 Å². The quantitative estimate of drug-likeness (QED) is 0.850. The van der Waals surface area contributed by atoms with Crippen molar-refractivity contribution < 1.29 is 4.79 Å². The lowest BCUT2D eigenvalue weighted by atomic mass is 9.93. The molecular weight excluding hydrogens is 360 g/mol. The first-order valence-corrected chi connectivity index (χ1v) is 9.37. The third-order valence-electron chi connectivity index (χ3n) is 5.28. The molecule has 1 amide bonds. The molecule has 0 spiro atoms. The Labute approximate surface area is 168 Å². The van der Waals surface area contributed by atoms with Crippen molar-refractivity contribution in [2.75, 3.05) is 20.1 Å². The number of hydrogen-bond donors (Lipinski definition) is 1. The summed E-state index contributed by atoms with van der Waals surface area (Å²) in [6.45, 7) is 9.51. The van der Waals surface area contributed by atoms with Gasteiger partial charge in [0.1, 0.15) is 0 Å².